The van der Waals surface area contributed by atoms with E-state index in [1.807, 2.05) is 30.3 Å². The molecule has 0 bridgehead atoms. The van der Waals surface area contributed by atoms with Gasteiger partial charge in [-0.3, -0.25) is 14.7 Å². The molecule has 3 aliphatic heterocycles. The van der Waals surface area contributed by atoms with Crippen molar-refractivity contribution in [2.45, 2.75) is 43.7 Å². The molecule has 3 saturated heterocycles. The molecular formula is C33H33ClN8O2. The van der Waals surface area contributed by atoms with E-state index in [4.69, 9.17) is 31.3 Å². The molecule has 1 aromatic carbocycles. The number of aromatic nitrogens is 4. The summed E-state index contributed by atoms with van der Waals surface area (Å²) in [6, 6.07) is 11.9. The molecule has 0 N–H and O–H groups in total. The smallest absolute Gasteiger partial charge is 0.320 e. The Morgan fingerprint density at radius 1 is 1.11 bits per heavy atom. The number of halogens is 1. The third-order valence-corrected chi connectivity index (χ3v) is 9.69. The summed E-state index contributed by atoms with van der Waals surface area (Å²) in [6.07, 6.45) is 9.65. The van der Waals surface area contributed by atoms with Crippen LogP contribution in [0.3, 0.4) is 0 Å². The minimum absolute atomic E-state index is 0.0354. The van der Waals surface area contributed by atoms with E-state index in [0.717, 1.165) is 47.7 Å². The molecule has 44 heavy (non-hydrogen) atoms. The zero-order chi connectivity index (χ0) is 30.3. The highest BCUT2D eigenvalue weighted by Crippen LogP contribution is 2.40. The lowest BCUT2D eigenvalue weighted by Gasteiger charge is -2.41. The average molecular weight is 609 g/mol. The van der Waals surface area contributed by atoms with Gasteiger partial charge in [0.1, 0.15) is 12.4 Å². The largest absolute Gasteiger partial charge is 0.461 e. The second-order valence-corrected chi connectivity index (χ2v) is 12.2. The van der Waals surface area contributed by atoms with Gasteiger partial charge in [0.05, 0.1) is 35.2 Å². The number of carbonyl (C=O) groups is 1. The van der Waals surface area contributed by atoms with Gasteiger partial charge in [0.15, 0.2) is 5.65 Å². The fraction of sp³-hybridized carbons (Fsp3) is 0.394. The van der Waals surface area contributed by atoms with Crippen molar-refractivity contribution in [1.82, 2.24) is 29.7 Å². The number of amides is 1. The summed E-state index contributed by atoms with van der Waals surface area (Å²) in [5, 5.41) is 12.7. The van der Waals surface area contributed by atoms with Gasteiger partial charge in [-0.1, -0.05) is 30.3 Å². The van der Waals surface area contributed by atoms with Crippen LogP contribution in [0.5, 0.6) is 6.01 Å². The van der Waals surface area contributed by atoms with Gasteiger partial charge in [0, 0.05) is 53.4 Å². The topological polar surface area (TPSA) is 111 Å². The van der Waals surface area contributed by atoms with Crippen molar-refractivity contribution < 1.29 is 9.53 Å². The highest BCUT2D eigenvalue weighted by molar-refractivity contribution is 6.36. The number of nitriles is 1. The SMILES string of the molecule is C=CC(=O)N1CCN(c2nc(OCC34CCCN3CCC4)nc3nc(-c4cncc5cccc(Cl)c45)ccc23)C[C@@H]1CC#N. The van der Waals surface area contributed by atoms with Crippen molar-refractivity contribution in [2.24, 2.45) is 0 Å². The maximum atomic E-state index is 12.6. The number of anilines is 1. The van der Waals surface area contributed by atoms with Crippen molar-refractivity contribution in [1.29, 1.82) is 5.26 Å². The standard InChI is InChI=1S/C33H33ClN8O2/c1-2-28(43)42-17-16-40(20-23(42)10-13-35)31-24-8-9-27(25-19-36-18-22-6-3-7-26(34)29(22)25)37-30(24)38-32(39-31)44-21-33-11-4-14-41(33)15-5-12-33/h2-3,6-9,18-19,23H,1,4-5,10-12,14-17,20-21H2/t23-/m0/s1. The van der Waals surface area contributed by atoms with Gasteiger partial charge in [0.25, 0.3) is 0 Å². The fourth-order valence-electron chi connectivity index (χ4n) is 7.21. The maximum absolute atomic E-state index is 12.6. The van der Waals surface area contributed by atoms with Crippen molar-refractivity contribution in [3.05, 3.63) is 60.4 Å². The van der Waals surface area contributed by atoms with Gasteiger partial charge >= 0.3 is 6.01 Å². The van der Waals surface area contributed by atoms with Crippen molar-refractivity contribution in [2.75, 3.05) is 44.2 Å². The lowest BCUT2D eigenvalue weighted by Crippen LogP contribution is -2.55. The predicted octanol–water partition coefficient (Wildman–Crippen LogP) is 5.02. The monoisotopic (exact) mass is 608 g/mol. The van der Waals surface area contributed by atoms with E-state index in [9.17, 15) is 10.1 Å². The summed E-state index contributed by atoms with van der Waals surface area (Å²) in [7, 11) is 0. The molecule has 11 heteroatoms. The fourth-order valence-corrected chi connectivity index (χ4v) is 7.49. The highest BCUT2D eigenvalue weighted by Gasteiger charge is 2.45. The third-order valence-electron chi connectivity index (χ3n) is 9.38. The molecule has 1 amide bonds. The number of rotatable bonds is 7. The molecule has 0 spiro atoms. The van der Waals surface area contributed by atoms with Gasteiger partial charge < -0.3 is 14.5 Å². The number of hydrogen-bond donors (Lipinski definition) is 0. The Balaban J connectivity index is 1.30. The van der Waals surface area contributed by atoms with E-state index >= 15 is 0 Å². The molecule has 7 rings (SSSR count). The first-order chi connectivity index (χ1) is 21.5. The van der Waals surface area contributed by atoms with E-state index < -0.39 is 0 Å². The normalized spacial score (nSPS) is 19.7. The van der Waals surface area contributed by atoms with Crippen LogP contribution in [0.25, 0.3) is 33.1 Å². The van der Waals surface area contributed by atoms with Crippen molar-refractivity contribution in [3.63, 3.8) is 0 Å². The van der Waals surface area contributed by atoms with E-state index in [1.54, 1.807) is 17.3 Å². The molecule has 0 aliphatic carbocycles. The van der Waals surface area contributed by atoms with Crippen LogP contribution in [0.15, 0.2) is 55.4 Å². The second kappa shape index (κ2) is 11.6. The molecule has 3 fully saturated rings. The summed E-state index contributed by atoms with van der Waals surface area (Å²) >= 11 is 6.64. The van der Waals surface area contributed by atoms with Crippen molar-refractivity contribution in [3.8, 4) is 23.3 Å². The van der Waals surface area contributed by atoms with E-state index in [2.05, 4.69) is 27.4 Å². The van der Waals surface area contributed by atoms with Crippen LogP contribution in [-0.2, 0) is 4.79 Å². The number of carbonyl (C=O) groups excluding carboxylic acids is 1. The Labute approximate surface area is 260 Å². The third kappa shape index (κ3) is 5.00. The Morgan fingerprint density at radius 2 is 1.95 bits per heavy atom. The van der Waals surface area contributed by atoms with Crippen LogP contribution in [0, 0.1) is 11.3 Å². The lowest BCUT2D eigenvalue weighted by molar-refractivity contribution is -0.128. The number of piperazine rings is 1. The molecule has 10 nitrogen and oxygen atoms in total. The predicted molar refractivity (Wildman–Crippen MR) is 169 cm³/mol. The van der Waals surface area contributed by atoms with Crippen LogP contribution < -0.4 is 9.64 Å². The van der Waals surface area contributed by atoms with Crippen LogP contribution in [0.2, 0.25) is 5.02 Å². The van der Waals surface area contributed by atoms with Gasteiger partial charge in [-0.15, -0.1) is 0 Å². The van der Waals surface area contributed by atoms with Crippen LogP contribution in [0.1, 0.15) is 32.1 Å². The molecule has 0 radical (unpaired) electrons. The maximum Gasteiger partial charge on any atom is 0.320 e. The molecule has 1 atom stereocenters. The summed E-state index contributed by atoms with van der Waals surface area (Å²) in [4.78, 5) is 38.2. The number of nitrogens with zero attached hydrogens (tertiary/aromatic N) is 8. The Kier molecular flexibility index (Phi) is 7.52. The molecule has 4 aromatic rings. The zero-order valence-electron chi connectivity index (χ0n) is 24.5. The highest BCUT2D eigenvalue weighted by atomic mass is 35.5. The first-order valence-corrected chi connectivity index (χ1v) is 15.5. The second-order valence-electron chi connectivity index (χ2n) is 11.8. The molecule has 224 valence electrons. The van der Waals surface area contributed by atoms with E-state index in [-0.39, 0.29) is 29.9 Å². The molecule has 6 heterocycles. The van der Waals surface area contributed by atoms with Crippen LogP contribution >= 0.6 is 11.6 Å². The number of hydrogen-bond acceptors (Lipinski definition) is 9. The minimum Gasteiger partial charge on any atom is -0.461 e. The number of fused-ring (bicyclic) bond motifs is 3. The number of ether oxygens (including phenoxy) is 1. The molecule has 3 aromatic heterocycles. The molecule has 0 unspecified atom stereocenters. The summed E-state index contributed by atoms with van der Waals surface area (Å²) in [5.74, 6) is 0.506. The molecule has 0 saturated carbocycles. The Morgan fingerprint density at radius 3 is 2.75 bits per heavy atom. The van der Waals surface area contributed by atoms with Gasteiger partial charge in [-0.05, 0) is 63.0 Å². The van der Waals surface area contributed by atoms with E-state index in [1.165, 1.54) is 18.9 Å². The van der Waals surface area contributed by atoms with Crippen LogP contribution in [-0.4, -0.2) is 86.6 Å². The molecule has 3 aliphatic rings. The number of benzene rings is 1. The summed E-state index contributed by atoms with van der Waals surface area (Å²) < 4.78 is 6.43. The van der Waals surface area contributed by atoms with Crippen LogP contribution in [0.4, 0.5) is 5.82 Å². The summed E-state index contributed by atoms with van der Waals surface area (Å²) in [6.45, 7) is 7.81. The Hall–Kier alpha value is -4.33. The summed E-state index contributed by atoms with van der Waals surface area (Å²) in [5.41, 5.74) is 2.04. The van der Waals surface area contributed by atoms with E-state index in [0.29, 0.717) is 48.4 Å². The quantitative estimate of drug-likeness (QED) is 0.267. The minimum atomic E-state index is -0.297. The van der Waals surface area contributed by atoms with Crippen molar-refractivity contribution >= 4 is 45.1 Å². The van der Waals surface area contributed by atoms with Gasteiger partial charge in [0.2, 0.25) is 5.91 Å². The zero-order valence-corrected chi connectivity index (χ0v) is 25.2. The molecular weight excluding hydrogens is 576 g/mol. The van der Waals surface area contributed by atoms with Gasteiger partial charge in [-0.25, -0.2) is 4.98 Å². The first-order valence-electron chi connectivity index (χ1n) is 15.1. The number of pyridine rings is 2. The average Bonchev–Trinajstić information content (AvgIpc) is 3.63. The lowest BCUT2D eigenvalue weighted by atomic mass is 9.95. The first kappa shape index (κ1) is 28.4. The van der Waals surface area contributed by atoms with Gasteiger partial charge in [-0.2, -0.15) is 15.2 Å². The Bertz CT molecular complexity index is 1790.